The second kappa shape index (κ2) is 7.79. The Balaban J connectivity index is 1.63. The molecule has 3 rings (SSSR count). The molecule has 0 saturated carbocycles. The number of oxime groups is 1. The van der Waals surface area contributed by atoms with E-state index in [-0.39, 0.29) is 6.10 Å². The average molecular weight is 340 g/mol. The molecule has 122 valence electrons. The van der Waals surface area contributed by atoms with Crippen molar-refractivity contribution < 1.29 is 4.84 Å². The minimum atomic E-state index is -0.124. The van der Waals surface area contributed by atoms with Crippen molar-refractivity contribution in [3.8, 4) is 0 Å². The normalized spacial score (nSPS) is 12.4. The molecule has 0 fully saturated rings. The lowest BCUT2D eigenvalue weighted by Crippen LogP contribution is -2.01. The Labute approximate surface area is 146 Å². The maximum Gasteiger partial charge on any atom is 0.149 e. The Bertz CT molecular complexity index is 800. The van der Waals surface area contributed by atoms with Gasteiger partial charge in [-0.1, -0.05) is 77.4 Å². The first-order chi connectivity index (χ1) is 11.7. The van der Waals surface area contributed by atoms with E-state index in [2.05, 4.69) is 10.3 Å². The Morgan fingerprint density at radius 2 is 1.79 bits per heavy atom. The van der Waals surface area contributed by atoms with E-state index in [1.807, 2.05) is 67.6 Å². The minimum absolute atomic E-state index is 0.124. The van der Waals surface area contributed by atoms with Gasteiger partial charge in [0.1, 0.15) is 11.3 Å². The first-order valence-corrected chi connectivity index (χ1v) is 8.11. The Kier molecular flexibility index (Phi) is 5.29. The summed E-state index contributed by atoms with van der Waals surface area (Å²) in [7, 11) is 0. The summed E-state index contributed by atoms with van der Waals surface area (Å²) in [5, 5.41) is 8.88. The molecule has 0 N–H and O–H groups in total. The number of hydrogen-bond donors (Lipinski definition) is 0. The molecule has 0 bridgehead atoms. The Morgan fingerprint density at radius 3 is 2.50 bits per heavy atom. The minimum Gasteiger partial charge on any atom is -0.388 e. The van der Waals surface area contributed by atoms with Gasteiger partial charge in [0.15, 0.2) is 0 Å². The van der Waals surface area contributed by atoms with Crippen LogP contribution in [0.5, 0.6) is 0 Å². The van der Waals surface area contributed by atoms with Gasteiger partial charge in [-0.15, -0.1) is 0 Å². The third-order valence-electron chi connectivity index (χ3n) is 3.66. The van der Waals surface area contributed by atoms with Crippen molar-refractivity contribution in [3.63, 3.8) is 0 Å². The summed E-state index contributed by atoms with van der Waals surface area (Å²) in [6, 6.07) is 20.0. The molecule has 0 aliphatic carbocycles. The van der Waals surface area contributed by atoms with Crippen molar-refractivity contribution in [2.75, 3.05) is 0 Å². The number of rotatable bonds is 6. The van der Waals surface area contributed by atoms with Gasteiger partial charge in [0, 0.05) is 0 Å². The Morgan fingerprint density at radius 1 is 1.12 bits per heavy atom. The van der Waals surface area contributed by atoms with Gasteiger partial charge < -0.3 is 4.84 Å². The molecule has 0 spiro atoms. The molecular formula is C19H18ClN3O. The Hall–Kier alpha value is -2.59. The van der Waals surface area contributed by atoms with Gasteiger partial charge >= 0.3 is 0 Å². The van der Waals surface area contributed by atoms with E-state index in [9.17, 15) is 0 Å². The summed E-state index contributed by atoms with van der Waals surface area (Å²) in [6.45, 7) is 2.57. The molecule has 24 heavy (non-hydrogen) atoms. The average Bonchev–Trinajstić information content (AvgIpc) is 2.97. The summed E-state index contributed by atoms with van der Waals surface area (Å²) in [5.41, 5.74) is 2.94. The van der Waals surface area contributed by atoms with Crippen LogP contribution in [0.4, 0.5) is 0 Å². The van der Waals surface area contributed by atoms with E-state index in [1.165, 1.54) is 0 Å². The summed E-state index contributed by atoms with van der Waals surface area (Å²) in [4.78, 5) is 5.49. The maximum atomic E-state index is 6.36. The quantitative estimate of drug-likeness (QED) is 0.482. The molecule has 0 aliphatic rings. The summed E-state index contributed by atoms with van der Waals surface area (Å²) < 4.78 is 1.73. The molecule has 0 aliphatic heterocycles. The van der Waals surface area contributed by atoms with E-state index >= 15 is 0 Å². The molecule has 4 nitrogen and oxygen atoms in total. The van der Waals surface area contributed by atoms with E-state index in [4.69, 9.17) is 16.4 Å². The highest BCUT2D eigenvalue weighted by Crippen LogP contribution is 2.18. The standard InChI is InChI=1S/C19H18ClN3O/c1-15(17-10-6-3-7-11-17)24-22-13-18-12-21-23(19(18)20)14-16-8-4-2-5-9-16/h2-13,15H,14H2,1H3/b22-13+/t15-/m1/s1. The number of aromatic nitrogens is 2. The number of hydrogen-bond acceptors (Lipinski definition) is 3. The van der Waals surface area contributed by atoms with Gasteiger partial charge in [0.05, 0.1) is 24.5 Å². The largest absolute Gasteiger partial charge is 0.388 e. The molecule has 1 atom stereocenters. The second-order valence-electron chi connectivity index (χ2n) is 5.43. The van der Waals surface area contributed by atoms with E-state index < -0.39 is 0 Å². The van der Waals surface area contributed by atoms with Gasteiger partial charge in [0.25, 0.3) is 0 Å². The lowest BCUT2D eigenvalue weighted by molar-refractivity contribution is 0.0736. The van der Waals surface area contributed by atoms with Gasteiger partial charge in [-0.2, -0.15) is 5.10 Å². The van der Waals surface area contributed by atoms with Crippen LogP contribution in [0.25, 0.3) is 0 Å². The molecule has 1 heterocycles. The fraction of sp³-hybridized carbons (Fsp3) is 0.158. The van der Waals surface area contributed by atoms with Gasteiger partial charge in [-0.25, -0.2) is 4.68 Å². The number of benzene rings is 2. The second-order valence-corrected chi connectivity index (χ2v) is 5.78. The molecule has 1 aromatic heterocycles. The van der Waals surface area contributed by atoms with Crippen LogP contribution < -0.4 is 0 Å². The summed E-state index contributed by atoms with van der Waals surface area (Å²) in [6.07, 6.45) is 3.15. The first-order valence-electron chi connectivity index (χ1n) is 7.73. The zero-order chi connectivity index (χ0) is 16.8. The van der Waals surface area contributed by atoms with E-state index in [1.54, 1.807) is 17.1 Å². The van der Waals surface area contributed by atoms with Crippen molar-refractivity contribution in [1.82, 2.24) is 9.78 Å². The van der Waals surface area contributed by atoms with Crippen molar-refractivity contribution >= 4 is 17.8 Å². The third-order valence-corrected chi connectivity index (χ3v) is 4.07. The molecule has 5 heteroatoms. The van der Waals surface area contributed by atoms with Crippen molar-refractivity contribution in [2.24, 2.45) is 5.16 Å². The van der Waals surface area contributed by atoms with Crippen LogP contribution in [-0.2, 0) is 11.4 Å². The highest BCUT2D eigenvalue weighted by atomic mass is 35.5. The zero-order valence-corrected chi connectivity index (χ0v) is 14.1. The van der Waals surface area contributed by atoms with Crippen molar-refractivity contribution in [3.05, 3.63) is 88.7 Å². The topological polar surface area (TPSA) is 39.4 Å². The van der Waals surface area contributed by atoms with Crippen LogP contribution >= 0.6 is 11.6 Å². The summed E-state index contributed by atoms with van der Waals surface area (Å²) >= 11 is 6.36. The molecule has 2 aromatic carbocycles. The van der Waals surface area contributed by atoms with Crippen LogP contribution in [0.1, 0.15) is 29.7 Å². The fourth-order valence-corrected chi connectivity index (χ4v) is 2.50. The monoisotopic (exact) mass is 339 g/mol. The first kappa shape index (κ1) is 16.3. The van der Waals surface area contributed by atoms with Crippen LogP contribution in [0.15, 0.2) is 72.0 Å². The van der Waals surface area contributed by atoms with Crippen LogP contribution in [0.2, 0.25) is 5.15 Å². The predicted molar refractivity (Wildman–Crippen MR) is 96.3 cm³/mol. The molecule has 0 saturated heterocycles. The lowest BCUT2D eigenvalue weighted by Gasteiger charge is -2.08. The molecule has 0 unspecified atom stereocenters. The SMILES string of the molecule is C[C@@H](O/N=C/c1cnn(Cc2ccccc2)c1Cl)c1ccccc1. The maximum absolute atomic E-state index is 6.36. The molecule has 0 amide bonds. The predicted octanol–water partition coefficient (Wildman–Crippen LogP) is 4.70. The highest BCUT2D eigenvalue weighted by molar-refractivity contribution is 6.32. The van der Waals surface area contributed by atoms with Crippen LogP contribution in [-0.4, -0.2) is 16.0 Å². The van der Waals surface area contributed by atoms with Crippen molar-refractivity contribution in [2.45, 2.75) is 19.6 Å². The highest BCUT2D eigenvalue weighted by Gasteiger charge is 2.08. The molecule has 0 radical (unpaired) electrons. The fourth-order valence-electron chi connectivity index (χ4n) is 2.30. The smallest absolute Gasteiger partial charge is 0.149 e. The zero-order valence-electron chi connectivity index (χ0n) is 13.3. The van der Waals surface area contributed by atoms with Crippen LogP contribution in [0.3, 0.4) is 0 Å². The van der Waals surface area contributed by atoms with Crippen molar-refractivity contribution in [1.29, 1.82) is 0 Å². The third kappa shape index (κ3) is 4.03. The molecule has 3 aromatic rings. The lowest BCUT2D eigenvalue weighted by atomic mass is 10.1. The molecular weight excluding hydrogens is 322 g/mol. The van der Waals surface area contributed by atoms with E-state index in [0.29, 0.717) is 11.7 Å². The van der Waals surface area contributed by atoms with Crippen LogP contribution in [0, 0.1) is 0 Å². The van der Waals surface area contributed by atoms with Gasteiger partial charge in [0.2, 0.25) is 0 Å². The number of nitrogens with zero attached hydrogens (tertiary/aromatic N) is 3. The van der Waals surface area contributed by atoms with Gasteiger partial charge in [-0.3, -0.25) is 0 Å². The number of halogens is 1. The summed E-state index contributed by atoms with van der Waals surface area (Å²) in [5.74, 6) is 0. The van der Waals surface area contributed by atoms with E-state index in [0.717, 1.165) is 16.7 Å². The van der Waals surface area contributed by atoms with Gasteiger partial charge in [-0.05, 0) is 18.1 Å².